The Hall–Kier alpha value is -3.46. The quantitative estimate of drug-likeness (QED) is 0.458. The van der Waals surface area contributed by atoms with Crippen molar-refractivity contribution in [3.05, 3.63) is 36.3 Å². The van der Waals surface area contributed by atoms with Crippen LogP contribution in [-0.4, -0.2) is 37.2 Å². The molecular formula is C19H21N7O2. The van der Waals surface area contributed by atoms with Crippen molar-refractivity contribution in [3.8, 4) is 11.3 Å². The molecule has 0 bridgehead atoms. The summed E-state index contributed by atoms with van der Waals surface area (Å²) in [6.45, 7) is 6.26. The second kappa shape index (κ2) is 6.93. The number of nitrogen functional groups attached to an aromatic ring is 1. The van der Waals surface area contributed by atoms with Crippen molar-refractivity contribution >= 4 is 33.7 Å². The van der Waals surface area contributed by atoms with E-state index >= 15 is 0 Å². The van der Waals surface area contributed by atoms with E-state index in [9.17, 15) is 4.79 Å². The lowest BCUT2D eigenvalue weighted by molar-refractivity contribution is 0.0360. The van der Waals surface area contributed by atoms with Gasteiger partial charge in [-0.25, -0.2) is 20.1 Å². The van der Waals surface area contributed by atoms with E-state index in [0.717, 1.165) is 21.9 Å². The monoisotopic (exact) mass is 379 g/mol. The van der Waals surface area contributed by atoms with E-state index in [1.54, 1.807) is 13.0 Å². The maximum Gasteiger partial charge on any atom is 0.291 e. The van der Waals surface area contributed by atoms with Gasteiger partial charge >= 0.3 is 0 Å². The largest absolute Gasteiger partial charge is 0.383 e. The summed E-state index contributed by atoms with van der Waals surface area (Å²) in [4.78, 5) is 28.7. The molecule has 0 saturated carbocycles. The van der Waals surface area contributed by atoms with E-state index < -0.39 is 0 Å². The lowest BCUT2D eigenvalue weighted by atomic mass is 10.1. The van der Waals surface area contributed by atoms with Crippen molar-refractivity contribution in [1.29, 1.82) is 0 Å². The summed E-state index contributed by atoms with van der Waals surface area (Å²) in [5.41, 5.74) is 12.0. The molecule has 0 saturated heterocycles. The molecule has 4 aromatic rings. The van der Waals surface area contributed by atoms with Gasteiger partial charge in [-0.2, -0.15) is 5.10 Å². The smallest absolute Gasteiger partial charge is 0.291 e. The number of nitrogens with two attached hydrogens (primary N) is 1. The van der Waals surface area contributed by atoms with Crippen molar-refractivity contribution in [2.75, 3.05) is 12.3 Å². The summed E-state index contributed by atoms with van der Waals surface area (Å²) in [5.74, 6) is 0.0574. The van der Waals surface area contributed by atoms with Crippen LogP contribution in [0.4, 0.5) is 5.82 Å². The molecule has 3 aromatic heterocycles. The first kappa shape index (κ1) is 17.9. The van der Waals surface area contributed by atoms with Gasteiger partial charge in [-0.1, -0.05) is 12.1 Å². The number of fused-ring (bicyclic) bond motifs is 2. The van der Waals surface area contributed by atoms with Crippen molar-refractivity contribution in [3.63, 3.8) is 0 Å². The summed E-state index contributed by atoms with van der Waals surface area (Å²) in [6, 6.07) is 7.70. The average Bonchev–Trinajstić information content (AvgIpc) is 3.28. The molecule has 0 atom stereocenters. The van der Waals surface area contributed by atoms with Gasteiger partial charge in [-0.15, -0.1) is 0 Å². The highest BCUT2D eigenvalue weighted by molar-refractivity contribution is 6.01. The zero-order chi connectivity index (χ0) is 19.8. The summed E-state index contributed by atoms with van der Waals surface area (Å²) in [5, 5.41) is 6.35. The number of rotatable bonds is 5. The summed E-state index contributed by atoms with van der Waals surface area (Å²) >= 11 is 0. The number of nitrogens with zero attached hydrogens (tertiary/aromatic N) is 4. The number of carbonyl (C=O) groups is 1. The second-order valence-electron chi connectivity index (χ2n) is 6.69. The molecular weight excluding hydrogens is 358 g/mol. The first-order chi connectivity index (χ1) is 13.5. The first-order valence-electron chi connectivity index (χ1n) is 9.03. The Bertz CT molecular complexity index is 1180. The molecule has 4 N–H and O–H groups in total. The van der Waals surface area contributed by atoms with Crippen LogP contribution in [0.25, 0.3) is 33.2 Å². The maximum absolute atomic E-state index is 12.1. The highest BCUT2D eigenvalue weighted by Crippen LogP contribution is 2.33. The molecule has 9 heteroatoms. The van der Waals surface area contributed by atoms with E-state index in [1.807, 2.05) is 36.7 Å². The van der Waals surface area contributed by atoms with Crippen molar-refractivity contribution in [2.45, 2.75) is 26.8 Å². The number of aromatic amines is 1. The lowest BCUT2D eigenvalue weighted by Gasteiger charge is -2.05. The zero-order valence-electron chi connectivity index (χ0n) is 15.9. The van der Waals surface area contributed by atoms with Crippen molar-refractivity contribution in [1.82, 2.24) is 30.2 Å². The number of amides is 1. The van der Waals surface area contributed by atoms with Crippen molar-refractivity contribution < 1.29 is 9.63 Å². The van der Waals surface area contributed by atoms with Crippen LogP contribution in [0.1, 0.15) is 37.3 Å². The highest BCUT2D eigenvalue weighted by Gasteiger charge is 2.19. The van der Waals surface area contributed by atoms with Crippen LogP contribution in [0.5, 0.6) is 0 Å². The van der Waals surface area contributed by atoms with E-state index in [4.69, 9.17) is 15.7 Å². The average molecular weight is 379 g/mol. The molecule has 28 heavy (non-hydrogen) atoms. The van der Waals surface area contributed by atoms with Crippen LogP contribution in [0.15, 0.2) is 30.6 Å². The lowest BCUT2D eigenvalue weighted by Crippen LogP contribution is -2.23. The molecule has 144 valence electrons. The van der Waals surface area contributed by atoms with Crippen LogP contribution < -0.4 is 11.2 Å². The van der Waals surface area contributed by atoms with Gasteiger partial charge in [0, 0.05) is 22.5 Å². The molecule has 0 aliphatic heterocycles. The molecule has 0 aliphatic rings. The maximum atomic E-state index is 12.1. The molecule has 0 spiro atoms. The fraction of sp³-hybridized carbons (Fsp3) is 0.263. The SMILES string of the molecule is CCONC(=O)c1cc2ccc(-c3nn(C(C)C)c4ncnc(N)c34)cc2[nH]1. The third-order valence-corrected chi connectivity index (χ3v) is 4.46. The van der Waals surface area contributed by atoms with Gasteiger partial charge in [-0.3, -0.25) is 9.63 Å². The first-order valence-corrected chi connectivity index (χ1v) is 9.03. The summed E-state index contributed by atoms with van der Waals surface area (Å²) in [6.07, 6.45) is 1.44. The summed E-state index contributed by atoms with van der Waals surface area (Å²) in [7, 11) is 0. The fourth-order valence-corrected chi connectivity index (χ4v) is 3.15. The number of hydrogen-bond donors (Lipinski definition) is 3. The zero-order valence-corrected chi connectivity index (χ0v) is 15.9. The number of anilines is 1. The Morgan fingerprint density at radius 2 is 2.14 bits per heavy atom. The molecule has 0 aliphatic carbocycles. The molecule has 1 aromatic carbocycles. The van der Waals surface area contributed by atoms with Gasteiger partial charge in [0.25, 0.3) is 5.91 Å². The molecule has 1 amide bonds. The Kier molecular flexibility index (Phi) is 4.44. The summed E-state index contributed by atoms with van der Waals surface area (Å²) < 4.78 is 1.84. The van der Waals surface area contributed by atoms with Crippen LogP contribution in [-0.2, 0) is 4.84 Å². The van der Waals surface area contributed by atoms with Gasteiger partial charge in [0.1, 0.15) is 23.5 Å². The Balaban J connectivity index is 1.83. The minimum Gasteiger partial charge on any atom is -0.383 e. The van der Waals surface area contributed by atoms with Gasteiger partial charge in [0.2, 0.25) is 0 Å². The predicted octanol–water partition coefficient (Wildman–Crippen LogP) is 2.82. The molecule has 3 heterocycles. The Morgan fingerprint density at radius 1 is 1.32 bits per heavy atom. The van der Waals surface area contributed by atoms with Gasteiger partial charge in [0.15, 0.2) is 5.65 Å². The predicted molar refractivity (Wildman–Crippen MR) is 107 cm³/mol. The molecule has 0 radical (unpaired) electrons. The van der Waals surface area contributed by atoms with Gasteiger partial charge in [0.05, 0.1) is 12.0 Å². The third kappa shape index (κ3) is 2.95. The number of hydroxylamine groups is 1. The molecule has 4 rings (SSSR count). The Labute approximate surface area is 160 Å². The van der Waals surface area contributed by atoms with Crippen LogP contribution in [0.2, 0.25) is 0 Å². The van der Waals surface area contributed by atoms with Crippen LogP contribution in [0, 0.1) is 0 Å². The number of H-pyrrole nitrogens is 1. The number of benzene rings is 1. The van der Waals surface area contributed by atoms with Gasteiger partial charge in [-0.05, 0) is 32.9 Å². The molecule has 9 nitrogen and oxygen atoms in total. The van der Waals surface area contributed by atoms with Crippen molar-refractivity contribution in [2.24, 2.45) is 0 Å². The second-order valence-corrected chi connectivity index (χ2v) is 6.69. The standard InChI is InChI=1S/C19H21N7O2/c1-4-28-25-19(27)14-7-11-5-6-12(8-13(11)23-14)16-15-17(20)21-9-22-18(15)26(24-16)10(2)3/h5-10,23H,4H2,1-3H3,(H,25,27)(H2,20,21,22). The normalized spacial score (nSPS) is 11.6. The third-order valence-electron chi connectivity index (χ3n) is 4.46. The van der Waals surface area contributed by atoms with E-state index in [2.05, 4.69) is 20.4 Å². The molecule has 0 fully saturated rings. The Morgan fingerprint density at radius 3 is 2.89 bits per heavy atom. The number of hydrogen-bond acceptors (Lipinski definition) is 6. The highest BCUT2D eigenvalue weighted by atomic mass is 16.6. The minimum atomic E-state index is -0.327. The van der Waals surface area contributed by atoms with E-state index in [-0.39, 0.29) is 11.9 Å². The number of aromatic nitrogens is 5. The number of nitrogens with one attached hydrogen (secondary N) is 2. The minimum absolute atomic E-state index is 0.119. The van der Waals surface area contributed by atoms with Crippen LogP contribution in [0.3, 0.4) is 0 Å². The number of carbonyl (C=O) groups excluding carboxylic acids is 1. The van der Waals surface area contributed by atoms with Gasteiger partial charge < -0.3 is 10.7 Å². The molecule has 0 unspecified atom stereocenters. The van der Waals surface area contributed by atoms with Crippen LogP contribution >= 0.6 is 0 Å². The van der Waals surface area contributed by atoms with E-state index in [1.165, 1.54) is 6.33 Å². The fourth-order valence-electron chi connectivity index (χ4n) is 3.15. The van der Waals surface area contributed by atoms with E-state index in [0.29, 0.717) is 29.5 Å². The topological polar surface area (TPSA) is 124 Å².